The molecule has 0 fully saturated rings. The van der Waals surface area contributed by atoms with Crippen molar-refractivity contribution in [3.8, 4) is 0 Å². The summed E-state index contributed by atoms with van der Waals surface area (Å²) in [7, 11) is 0. The number of aliphatic hydroxyl groups excluding tert-OH is 1. The summed E-state index contributed by atoms with van der Waals surface area (Å²) in [4.78, 5) is 0. The van der Waals surface area contributed by atoms with Crippen LogP contribution in [-0.4, -0.2) is 21.9 Å². The predicted octanol–water partition coefficient (Wildman–Crippen LogP) is 2.19. The Bertz CT molecular complexity index is 156. The van der Waals surface area contributed by atoms with Crippen molar-refractivity contribution < 1.29 is 10.2 Å². The van der Waals surface area contributed by atoms with Crippen LogP contribution in [0.5, 0.6) is 0 Å². The number of rotatable bonds is 1. The third-order valence-corrected chi connectivity index (χ3v) is 2.89. The highest BCUT2D eigenvalue weighted by atomic mass is 16.3. The number of hydrogen-bond donors (Lipinski definition) is 2. The van der Waals surface area contributed by atoms with E-state index in [4.69, 9.17) is 0 Å². The molecule has 0 aromatic carbocycles. The van der Waals surface area contributed by atoms with Crippen molar-refractivity contribution in [2.24, 2.45) is 10.8 Å². The van der Waals surface area contributed by atoms with Gasteiger partial charge in [-0.25, -0.2) is 0 Å². The molecule has 0 amide bonds. The fourth-order valence-electron chi connectivity index (χ4n) is 2.38. The Hall–Kier alpha value is -0.0800. The fourth-order valence-corrected chi connectivity index (χ4v) is 2.38. The Morgan fingerprint density at radius 1 is 0.846 bits per heavy atom. The minimum Gasteiger partial charge on any atom is -0.390 e. The molecule has 80 valence electrons. The second-order valence-electron chi connectivity index (χ2n) is 5.94. The van der Waals surface area contributed by atoms with E-state index in [0.29, 0.717) is 0 Å². The number of aliphatic hydroxyl groups is 2. The third-order valence-electron chi connectivity index (χ3n) is 2.89. The van der Waals surface area contributed by atoms with Crippen LogP contribution in [-0.2, 0) is 0 Å². The van der Waals surface area contributed by atoms with Crippen molar-refractivity contribution in [2.75, 3.05) is 0 Å². The van der Waals surface area contributed by atoms with Crippen molar-refractivity contribution in [3.63, 3.8) is 0 Å². The molecule has 0 aromatic heterocycles. The van der Waals surface area contributed by atoms with Gasteiger partial charge < -0.3 is 10.2 Å². The largest absolute Gasteiger partial charge is 0.390 e. The van der Waals surface area contributed by atoms with E-state index in [2.05, 4.69) is 0 Å². The monoisotopic (exact) mass is 188 g/mol. The molecule has 2 N–H and O–H groups in total. The molecule has 0 rings (SSSR count). The lowest BCUT2D eigenvalue weighted by Crippen LogP contribution is -2.60. The summed E-state index contributed by atoms with van der Waals surface area (Å²) in [5, 5.41) is 20.2. The van der Waals surface area contributed by atoms with Gasteiger partial charge in [-0.2, -0.15) is 0 Å². The first-order valence-electron chi connectivity index (χ1n) is 4.85. The minimum absolute atomic E-state index is 0.334. The zero-order valence-corrected chi connectivity index (χ0v) is 9.97. The van der Waals surface area contributed by atoms with Gasteiger partial charge in [0.25, 0.3) is 0 Å². The van der Waals surface area contributed by atoms with E-state index >= 15 is 0 Å². The van der Waals surface area contributed by atoms with Gasteiger partial charge in [-0.1, -0.05) is 41.5 Å². The maximum Gasteiger partial charge on any atom is 0.0998 e. The molecular weight excluding hydrogens is 164 g/mol. The summed E-state index contributed by atoms with van der Waals surface area (Å²) in [6.45, 7) is 13.3. The Labute approximate surface area is 82.0 Å². The average Bonchev–Trinajstić information content (AvgIpc) is 1.80. The lowest BCUT2D eigenvalue weighted by Gasteiger charge is -2.51. The molecular formula is C11H24O2. The summed E-state index contributed by atoms with van der Waals surface area (Å²) < 4.78 is 0. The van der Waals surface area contributed by atoms with Gasteiger partial charge in [-0.3, -0.25) is 0 Å². The average molecular weight is 188 g/mol. The van der Waals surface area contributed by atoms with Crippen LogP contribution >= 0.6 is 0 Å². The molecule has 0 bridgehead atoms. The van der Waals surface area contributed by atoms with E-state index in [-0.39, 0.29) is 10.8 Å². The molecule has 2 heteroatoms. The minimum atomic E-state index is -1.07. The number of hydrogen-bond acceptors (Lipinski definition) is 2. The highest BCUT2D eigenvalue weighted by Gasteiger charge is 2.52. The molecule has 0 aromatic rings. The van der Waals surface area contributed by atoms with E-state index in [1.54, 1.807) is 6.92 Å². The summed E-state index contributed by atoms with van der Waals surface area (Å²) in [5.41, 5.74) is -1.74. The molecule has 0 aliphatic rings. The van der Waals surface area contributed by atoms with Gasteiger partial charge in [0.1, 0.15) is 0 Å². The first-order chi connectivity index (χ1) is 5.44. The second kappa shape index (κ2) is 3.25. The van der Waals surface area contributed by atoms with Crippen LogP contribution in [0, 0.1) is 10.8 Å². The molecule has 1 atom stereocenters. The first kappa shape index (κ1) is 12.9. The lowest BCUT2D eigenvalue weighted by atomic mass is 9.60. The standard InChI is InChI=1S/C11H24O2/c1-8(12)11(13,9(2,3)4)10(5,6)7/h8,12-13H,1-7H3/t8-/m0/s1. The maximum atomic E-state index is 10.5. The van der Waals surface area contributed by atoms with Gasteiger partial charge in [-0.05, 0) is 17.8 Å². The summed E-state index contributed by atoms with van der Waals surface area (Å²) >= 11 is 0. The van der Waals surface area contributed by atoms with Crippen LogP contribution in [0.25, 0.3) is 0 Å². The van der Waals surface area contributed by atoms with Crippen LogP contribution < -0.4 is 0 Å². The first-order valence-corrected chi connectivity index (χ1v) is 4.85. The van der Waals surface area contributed by atoms with E-state index in [9.17, 15) is 10.2 Å². The Morgan fingerprint density at radius 3 is 1.08 bits per heavy atom. The van der Waals surface area contributed by atoms with Crippen molar-refractivity contribution in [2.45, 2.75) is 60.2 Å². The van der Waals surface area contributed by atoms with Crippen LogP contribution in [0.3, 0.4) is 0 Å². The van der Waals surface area contributed by atoms with Crippen LogP contribution in [0.1, 0.15) is 48.5 Å². The van der Waals surface area contributed by atoms with Crippen LogP contribution in [0.2, 0.25) is 0 Å². The van der Waals surface area contributed by atoms with E-state index in [1.165, 1.54) is 0 Å². The van der Waals surface area contributed by atoms with E-state index in [0.717, 1.165) is 0 Å². The highest BCUT2D eigenvalue weighted by molar-refractivity contribution is 5.02. The van der Waals surface area contributed by atoms with Crippen LogP contribution in [0.4, 0.5) is 0 Å². The molecule has 0 aliphatic heterocycles. The van der Waals surface area contributed by atoms with Gasteiger partial charge in [0, 0.05) is 0 Å². The van der Waals surface area contributed by atoms with Gasteiger partial charge >= 0.3 is 0 Å². The van der Waals surface area contributed by atoms with Crippen molar-refractivity contribution in [1.29, 1.82) is 0 Å². The molecule has 0 saturated heterocycles. The zero-order chi connectivity index (χ0) is 11.1. The van der Waals surface area contributed by atoms with Crippen molar-refractivity contribution >= 4 is 0 Å². The molecule has 0 unspecified atom stereocenters. The normalized spacial score (nSPS) is 17.3. The fraction of sp³-hybridized carbons (Fsp3) is 1.00. The molecule has 0 heterocycles. The van der Waals surface area contributed by atoms with E-state index in [1.807, 2.05) is 41.5 Å². The Kier molecular flexibility index (Phi) is 3.23. The maximum absolute atomic E-state index is 10.5. The van der Waals surface area contributed by atoms with Gasteiger partial charge in [-0.15, -0.1) is 0 Å². The Balaban J connectivity index is 5.22. The second-order valence-corrected chi connectivity index (χ2v) is 5.94. The SMILES string of the molecule is C[C@H](O)C(O)(C(C)(C)C)C(C)(C)C. The van der Waals surface area contributed by atoms with E-state index < -0.39 is 11.7 Å². The summed E-state index contributed by atoms with van der Waals surface area (Å²) in [5.74, 6) is 0. The molecule has 13 heavy (non-hydrogen) atoms. The molecule has 2 nitrogen and oxygen atoms in total. The third kappa shape index (κ3) is 2.05. The summed E-state index contributed by atoms with van der Waals surface area (Å²) in [6, 6.07) is 0. The van der Waals surface area contributed by atoms with Gasteiger partial charge in [0.15, 0.2) is 0 Å². The van der Waals surface area contributed by atoms with Gasteiger partial charge in [0.05, 0.1) is 11.7 Å². The highest BCUT2D eigenvalue weighted by Crippen LogP contribution is 2.45. The topological polar surface area (TPSA) is 40.5 Å². The quantitative estimate of drug-likeness (QED) is 0.662. The zero-order valence-electron chi connectivity index (χ0n) is 9.97. The molecule has 0 radical (unpaired) electrons. The Morgan fingerprint density at radius 2 is 1.08 bits per heavy atom. The van der Waals surface area contributed by atoms with Crippen molar-refractivity contribution in [3.05, 3.63) is 0 Å². The smallest absolute Gasteiger partial charge is 0.0998 e. The lowest BCUT2D eigenvalue weighted by molar-refractivity contribution is -0.196. The molecule has 0 spiro atoms. The summed E-state index contributed by atoms with van der Waals surface area (Å²) in [6.07, 6.45) is -0.729. The van der Waals surface area contributed by atoms with Gasteiger partial charge in [0.2, 0.25) is 0 Å². The molecule has 0 aliphatic carbocycles. The molecule has 0 saturated carbocycles. The van der Waals surface area contributed by atoms with Crippen LogP contribution in [0.15, 0.2) is 0 Å². The predicted molar refractivity (Wildman–Crippen MR) is 55.5 cm³/mol. The van der Waals surface area contributed by atoms with Crippen molar-refractivity contribution in [1.82, 2.24) is 0 Å².